The number of rotatable bonds is 5. The Balaban J connectivity index is 1.19. The van der Waals surface area contributed by atoms with E-state index in [4.69, 9.17) is 14.2 Å². The molecule has 8 heteroatoms. The largest absolute Gasteiger partial charge is 0.481 e. The Labute approximate surface area is 218 Å². The molecule has 194 valence electrons. The summed E-state index contributed by atoms with van der Waals surface area (Å²) >= 11 is 0. The number of amides is 1. The van der Waals surface area contributed by atoms with Gasteiger partial charge in [-0.2, -0.15) is 0 Å². The summed E-state index contributed by atoms with van der Waals surface area (Å²) in [6, 6.07) is 15.8. The van der Waals surface area contributed by atoms with Crippen LogP contribution in [0.4, 0.5) is 5.82 Å². The molecule has 2 aliphatic rings. The molecule has 1 amide bonds. The van der Waals surface area contributed by atoms with Crippen molar-refractivity contribution >= 4 is 11.7 Å². The molecule has 1 atom stereocenters. The summed E-state index contributed by atoms with van der Waals surface area (Å²) in [4.78, 5) is 17.2. The lowest BCUT2D eigenvalue weighted by molar-refractivity contribution is -0.138. The van der Waals surface area contributed by atoms with Crippen LogP contribution in [-0.4, -0.2) is 60.1 Å². The Morgan fingerprint density at radius 3 is 2.41 bits per heavy atom. The number of anilines is 1. The Morgan fingerprint density at radius 2 is 1.70 bits per heavy atom. The van der Waals surface area contributed by atoms with Gasteiger partial charge in [-0.1, -0.05) is 38.5 Å². The van der Waals surface area contributed by atoms with Gasteiger partial charge in [-0.3, -0.25) is 4.79 Å². The number of benzene rings is 2. The fraction of sp³-hybridized carbons (Fsp3) is 0.414. The molecule has 3 aromatic rings. The van der Waals surface area contributed by atoms with Gasteiger partial charge in [0.2, 0.25) is 6.79 Å². The van der Waals surface area contributed by atoms with Gasteiger partial charge >= 0.3 is 0 Å². The standard InChI is InChI=1S/C29H34N4O4/c1-19-6-9-24(22(16-19)29(3,4)5)37-20(2)28(34)33-14-12-32(13-15-33)27-11-8-23(30-31-27)21-7-10-25-26(17-21)36-18-35-25/h6-11,16-17,20H,12-15,18H2,1-5H3. The lowest BCUT2D eigenvalue weighted by Gasteiger charge is -2.36. The molecule has 0 radical (unpaired) electrons. The van der Waals surface area contributed by atoms with Gasteiger partial charge in [0.05, 0.1) is 5.69 Å². The fourth-order valence-electron chi connectivity index (χ4n) is 4.69. The van der Waals surface area contributed by atoms with E-state index in [0.29, 0.717) is 26.2 Å². The molecule has 5 rings (SSSR count). The first kappa shape index (κ1) is 24.9. The number of nitrogens with zero attached hydrogens (tertiary/aromatic N) is 4. The van der Waals surface area contributed by atoms with Crippen molar-refractivity contribution < 1.29 is 19.0 Å². The van der Waals surface area contributed by atoms with Crippen LogP contribution in [-0.2, 0) is 10.2 Å². The first-order valence-electron chi connectivity index (χ1n) is 12.7. The summed E-state index contributed by atoms with van der Waals surface area (Å²) in [5, 5.41) is 8.87. The van der Waals surface area contributed by atoms with Crippen LogP contribution >= 0.6 is 0 Å². The molecule has 1 saturated heterocycles. The number of ether oxygens (including phenoxy) is 3. The van der Waals surface area contributed by atoms with Crippen molar-refractivity contribution in [2.45, 2.75) is 46.1 Å². The van der Waals surface area contributed by atoms with Crippen molar-refractivity contribution in [2.24, 2.45) is 0 Å². The van der Waals surface area contributed by atoms with E-state index in [1.165, 1.54) is 5.56 Å². The summed E-state index contributed by atoms with van der Waals surface area (Å²) in [7, 11) is 0. The van der Waals surface area contributed by atoms with Gasteiger partial charge in [0.25, 0.3) is 5.91 Å². The van der Waals surface area contributed by atoms with Crippen LogP contribution in [0.5, 0.6) is 17.2 Å². The molecule has 1 aromatic heterocycles. The lowest BCUT2D eigenvalue weighted by atomic mass is 9.85. The number of hydrogen-bond donors (Lipinski definition) is 0. The van der Waals surface area contributed by atoms with E-state index < -0.39 is 6.10 Å². The van der Waals surface area contributed by atoms with E-state index >= 15 is 0 Å². The zero-order valence-corrected chi connectivity index (χ0v) is 22.2. The fourth-order valence-corrected chi connectivity index (χ4v) is 4.69. The van der Waals surface area contributed by atoms with Crippen LogP contribution in [0.1, 0.15) is 38.8 Å². The zero-order chi connectivity index (χ0) is 26.2. The SMILES string of the molecule is Cc1ccc(OC(C)C(=O)N2CCN(c3ccc(-c4ccc5c(c4)OCO5)nn3)CC2)c(C(C)(C)C)c1. The van der Waals surface area contributed by atoms with Gasteiger partial charge in [0.15, 0.2) is 23.4 Å². The number of carbonyl (C=O) groups is 1. The quantitative estimate of drug-likeness (QED) is 0.505. The van der Waals surface area contributed by atoms with E-state index in [2.05, 4.69) is 48.9 Å². The van der Waals surface area contributed by atoms with Crippen LogP contribution in [0, 0.1) is 6.92 Å². The zero-order valence-electron chi connectivity index (χ0n) is 22.2. The highest BCUT2D eigenvalue weighted by molar-refractivity contribution is 5.81. The second-order valence-electron chi connectivity index (χ2n) is 10.7. The van der Waals surface area contributed by atoms with Crippen LogP contribution in [0.25, 0.3) is 11.3 Å². The minimum Gasteiger partial charge on any atom is -0.481 e. The highest BCUT2D eigenvalue weighted by atomic mass is 16.7. The van der Waals surface area contributed by atoms with Crippen molar-refractivity contribution in [1.29, 1.82) is 0 Å². The van der Waals surface area contributed by atoms with Gasteiger partial charge < -0.3 is 24.0 Å². The highest BCUT2D eigenvalue weighted by Crippen LogP contribution is 2.36. The third kappa shape index (κ3) is 5.33. The number of aromatic nitrogens is 2. The maximum absolute atomic E-state index is 13.2. The van der Waals surface area contributed by atoms with Gasteiger partial charge in [-0.25, -0.2) is 0 Å². The maximum Gasteiger partial charge on any atom is 0.263 e. The minimum absolute atomic E-state index is 0.00400. The summed E-state index contributed by atoms with van der Waals surface area (Å²) in [5.41, 5.74) is 3.91. The predicted molar refractivity (Wildman–Crippen MR) is 142 cm³/mol. The Bertz CT molecular complexity index is 1280. The third-order valence-corrected chi connectivity index (χ3v) is 6.83. The molecule has 1 fully saturated rings. The molecule has 2 aromatic carbocycles. The monoisotopic (exact) mass is 502 g/mol. The van der Waals surface area contributed by atoms with E-state index in [-0.39, 0.29) is 18.1 Å². The first-order valence-corrected chi connectivity index (χ1v) is 12.7. The first-order chi connectivity index (χ1) is 17.7. The normalized spacial score (nSPS) is 16.0. The van der Waals surface area contributed by atoms with Gasteiger partial charge in [-0.15, -0.1) is 10.2 Å². The van der Waals surface area contributed by atoms with E-state index in [1.54, 1.807) is 0 Å². The molecule has 8 nitrogen and oxygen atoms in total. The predicted octanol–water partition coefficient (Wildman–Crippen LogP) is 4.59. The molecule has 0 saturated carbocycles. The molecular formula is C29H34N4O4. The van der Waals surface area contributed by atoms with E-state index in [0.717, 1.165) is 39.9 Å². The Morgan fingerprint density at radius 1 is 0.946 bits per heavy atom. The summed E-state index contributed by atoms with van der Waals surface area (Å²) < 4.78 is 17.0. The average molecular weight is 503 g/mol. The molecule has 0 aliphatic carbocycles. The molecular weight excluding hydrogens is 468 g/mol. The highest BCUT2D eigenvalue weighted by Gasteiger charge is 2.28. The number of carbonyl (C=O) groups excluding carboxylic acids is 1. The average Bonchev–Trinajstić information content (AvgIpc) is 3.37. The van der Waals surface area contributed by atoms with E-state index in [9.17, 15) is 4.79 Å². The second-order valence-corrected chi connectivity index (χ2v) is 10.7. The van der Waals surface area contributed by atoms with Gasteiger partial charge in [0.1, 0.15) is 5.75 Å². The summed E-state index contributed by atoms with van der Waals surface area (Å²) in [5.74, 6) is 3.04. The summed E-state index contributed by atoms with van der Waals surface area (Å²) in [6.07, 6.45) is -0.559. The third-order valence-electron chi connectivity index (χ3n) is 6.83. The molecule has 2 aliphatic heterocycles. The van der Waals surface area contributed by atoms with Crippen LogP contribution in [0.15, 0.2) is 48.5 Å². The minimum atomic E-state index is -0.559. The smallest absolute Gasteiger partial charge is 0.263 e. The van der Waals surface area contributed by atoms with Crippen molar-refractivity contribution in [3.63, 3.8) is 0 Å². The van der Waals surface area contributed by atoms with Crippen LogP contribution in [0.3, 0.4) is 0 Å². The second kappa shape index (κ2) is 9.92. The number of hydrogen-bond acceptors (Lipinski definition) is 7. The van der Waals surface area contributed by atoms with Crippen LogP contribution in [0.2, 0.25) is 0 Å². The molecule has 3 heterocycles. The summed E-state index contributed by atoms with van der Waals surface area (Å²) in [6.45, 7) is 13.2. The van der Waals surface area contributed by atoms with E-state index in [1.807, 2.05) is 54.3 Å². The molecule has 37 heavy (non-hydrogen) atoms. The maximum atomic E-state index is 13.2. The Kier molecular flexibility index (Phi) is 6.67. The molecule has 1 unspecified atom stereocenters. The van der Waals surface area contributed by atoms with Gasteiger partial charge in [0, 0.05) is 31.7 Å². The van der Waals surface area contributed by atoms with Crippen molar-refractivity contribution in [3.05, 3.63) is 59.7 Å². The van der Waals surface area contributed by atoms with Crippen LogP contribution < -0.4 is 19.1 Å². The van der Waals surface area contributed by atoms with Gasteiger partial charge in [-0.05, 0) is 61.2 Å². The topological polar surface area (TPSA) is 77.0 Å². The van der Waals surface area contributed by atoms with Crippen molar-refractivity contribution in [2.75, 3.05) is 37.9 Å². The Hall–Kier alpha value is -3.81. The number of fused-ring (bicyclic) bond motifs is 1. The molecule has 0 bridgehead atoms. The lowest BCUT2D eigenvalue weighted by Crippen LogP contribution is -2.52. The van der Waals surface area contributed by atoms with Crippen molar-refractivity contribution in [1.82, 2.24) is 15.1 Å². The number of aryl methyl sites for hydroxylation is 1. The molecule has 0 spiro atoms. The molecule has 0 N–H and O–H groups in total. The number of piperazine rings is 1. The van der Waals surface area contributed by atoms with Crippen molar-refractivity contribution in [3.8, 4) is 28.5 Å².